The van der Waals surface area contributed by atoms with Crippen LogP contribution in [0.4, 0.5) is 0 Å². The molecule has 2 aliphatic rings. The van der Waals surface area contributed by atoms with Crippen LogP contribution in [0.3, 0.4) is 0 Å². The Morgan fingerprint density at radius 3 is 2.63 bits per heavy atom. The van der Waals surface area contributed by atoms with Crippen molar-refractivity contribution in [3.05, 3.63) is 36.0 Å². The summed E-state index contributed by atoms with van der Waals surface area (Å²) in [5.74, 6) is -0.317. The minimum Gasteiger partial charge on any atom is -0.457 e. The van der Waals surface area contributed by atoms with Gasteiger partial charge in [0.15, 0.2) is 0 Å². The predicted octanol–water partition coefficient (Wildman–Crippen LogP) is 3.45. The molecule has 0 aliphatic carbocycles. The monoisotopic (exact) mass is 494 g/mol. The fourth-order valence-corrected chi connectivity index (χ4v) is 4.63. The quantitative estimate of drug-likeness (QED) is 0.177. The first-order valence-corrected chi connectivity index (χ1v) is 13.0. The van der Waals surface area contributed by atoms with E-state index in [0.29, 0.717) is 0 Å². The molecule has 0 spiro atoms. The van der Waals surface area contributed by atoms with E-state index in [2.05, 4.69) is 13.0 Å². The number of carbonyl (C=O) groups excluding carboxylic acids is 1. The molecule has 0 saturated carbocycles. The minimum absolute atomic E-state index is 0.118. The van der Waals surface area contributed by atoms with E-state index in [1.54, 1.807) is 6.08 Å². The van der Waals surface area contributed by atoms with Crippen LogP contribution in [0, 0.1) is 17.8 Å². The lowest BCUT2D eigenvalue weighted by Crippen LogP contribution is -2.39. The number of cyclic esters (lactones) is 1. The Balaban J connectivity index is 2.04. The fourth-order valence-electron chi connectivity index (χ4n) is 4.63. The smallest absolute Gasteiger partial charge is 0.309 e. The molecule has 0 bridgehead atoms. The Kier molecular flexibility index (Phi) is 11.2. The third-order valence-electron chi connectivity index (χ3n) is 7.37. The second-order valence-corrected chi connectivity index (χ2v) is 10.8. The van der Waals surface area contributed by atoms with E-state index in [1.165, 1.54) is 13.0 Å². The highest BCUT2D eigenvalue weighted by atomic mass is 16.6. The molecular formula is C28H46O7. The van der Waals surface area contributed by atoms with Crippen LogP contribution in [0.1, 0.15) is 73.6 Å². The van der Waals surface area contributed by atoms with E-state index < -0.39 is 29.9 Å². The lowest BCUT2D eigenvalue weighted by molar-refractivity contribution is -0.151. The maximum Gasteiger partial charge on any atom is 0.309 e. The number of allylic oxidation sites excluding steroid dienone is 3. The molecule has 0 aromatic carbocycles. The largest absolute Gasteiger partial charge is 0.457 e. The Morgan fingerprint density at radius 1 is 1.29 bits per heavy atom. The highest BCUT2D eigenvalue weighted by Crippen LogP contribution is 2.36. The molecular weight excluding hydrogens is 448 g/mol. The van der Waals surface area contributed by atoms with Crippen LogP contribution < -0.4 is 0 Å². The van der Waals surface area contributed by atoms with E-state index >= 15 is 0 Å². The summed E-state index contributed by atoms with van der Waals surface area (Å²) in [6.45, 7) is 11.4. The van der Waals surface area contributed by atoms with Gasteiger partial charge in [-0.3, -0.25) is 4.79 Å². The number of carbonyl (C=O) groups is 1. The Morgan fingerprint density at radius 2 is 1.97 bits per heavy atom. The van der Waals surface area contributed by atoms with Crippen LogP contribution in [0.25, 0.3) is 0 Å². The Bertz CT molecular complexity index is 771. The van der Waals surface area contributed by atoms with E-state index in [-0.39, 0.29) is 55.3 Å². The molecule has 1 fully saturated rings. The zero-order valence-electron chi connectivity index (χ0n) is 22.1. The van der Waals surface area contributed by atoms with Crippen molar-refractivity contribution in [1.82, 2.24) is 0 Å². The lowest BCUT2D eigenvalue weighted by atomic mass is 9.89. The van der Waals surface area contributed by atoms with Gasteiger partial charge >= 0.3 is 5.97 Å². The molecule has 0 aromatic heterocycles. The maximum atomic E-state index is 12.5. The minimum atomic E-state index is -1.39. The first-order valence-electron chi connectivity index (χ1n) is 13.0. The van der Waals surface area contributed by atoms with Crippen LogP contribution in [0.2, 0.25) is 0 Å². The summed E-state index contributed by atoms with van der Waals surface area (Å²) in [5, 5.41) is 41.1. The number of esters is 1. The van der Waals surface area contributed by atoms with Crippen molar-refractivity contribution in [2.45, 2.75) is 116 Å². The standard InChI is InChI=1S/C28H46O7/c1-7-22(30)20(5)27-23(34-27)15-17(2)9-8-10-18(3)26-19(4)11-12-24(31)28(6,33)14-13-21(29)16-25(32)35-26/h8-12,17,19-24,26-27,29-31,33H,7,13-16H2,1-6H3/b9-8+,12-11+,18-10+/t17-,19+,20-,21-,22+,23-,24+,26-,27-,28-/m1/s1. The van der Waals surface area contributed by atoms with E-state index in [1.807, 2.05) is 39.8 Å². The van der Waals surface area contributed by atoms with Crippen LogP contribution in [0.5, 0.6) is 0 Å². The third-order valence-corrected chi connectivity index (χ3v) is 7.37. The number of hydrogen-bond acceptors (Lipinski definition) is 7. The summed E-state index contributed by atoms with van der Waals surface area (Å²) in [5.41, 5.74) is -0.553. The number of aliphatic hydroxyl groups excluding tert-OH is 3. The summed E-state index contributed by atoms with van der Waals surface area (Å²) >= 11 is 0. The molecule has 0 amide bonds. The van der Waals surface area contributed by atoms with Crippen LogP contribution in [0.15, 0.2) is 36.0 Å². The molecule has 7 heteroatoms. The van der Waals surface area contributed by atoms with Crippen molar-refractivity contribution in [2.24, 2.45) is 17.8 Å². The zero-order valence-corrected chi connectivity index (χ0v) is 22.1. The average Bonchev–Trinajstić information content (AvgIpc) is 3.56. The molecule has 35 heavy (non-hydrogen) atoms. The summed E-state index contributed by atoms with van der Waals surface area (Å²) in [7, 11) is 0. The van der Waals surface area contributed by atoms with Gasteiger partial charge < -0.3 is 29.9 Å². The van der Waals surface area contributed by atoms with Gasteiger partial charge in [-0.25, -0.2) is 0 Å². The van der Waals surface area contributed by atoms with Crippen LogP contribution in [-0.4, -0.2) is 68.6 Å². The van der Waals surface area contributed by atoms with E-state index in [9.17, 15) is 25.2 Å². The van der Waals surface area contributed by atoms with E-state index in [0.717, 1.165) is 18.4 Å². The lowest BCUT2D eigenvalue weighted by Gasteiger charge is -2.30. The van der Waals surface area contributed by atoms with E-state index in [4.69, 9.17) is 9.47 Å². The van der Waals surface area contributed by atoms with Gasteiger partial charge in [-0.2, -0.15) is 0 Å². The van der Waals surface area contributed by atoms with Crippen molar-refractivity contribution in [2.75, 3.05) is 0 Å². The van der Waals surface area contributed by atoms with Gasteiger partial charge in [-0.05, 0) is 51.0 Å². The van der Waals surface area contributed by atoms with Crippen molar-refractivity contribution < 1.29 is 34.7 Å². The zero-order chi connectivity index (χ0) is 26.3. The normalized spacial score (nSPS) is 38.7. The topological polar surface area (TPSA) is 120 Å². The Labute approximate surface area is 210 Å². The van der Waals surface area contributed by atoms with Gasteiger partial charge in [0, 0.05) is 11.8 Å². The predicted molar refractivity (Wildman–Crippen MR) is 135 cm³/mol. The van der Waals surface area contributed by atoms with Crippen molar-refractivity contribution in [1.29, 1.82) is 0 Å². The fraction of sp³-hybridized carbons (Fsp3) is 0.750. The molecule has 0 unspecified atom stereocenters. The van der Waals surface area contributed by atoms with Gasteiger partial charge in [0.2, 0.25) is 0 Å². The van der Waals surface area contributed by atoms with Gasteiger partial charge in [0.25, 0.3) is 0 Å². The third kappa shape index (κ3) is 9.14. The molecule has 2 rings (SSSR count). The summed E-state index contributed by atoms with van der Waals surface area (Å²) in [6, 6.07) is 0. The molecule has 4 N–H and O–H groups in total. The number of rotatable bonds is 8. The molecule has 1 saturated heterocycles. The molecule has 200 valence electrons. The molecule has 0 radical (unpaired) electrons. The first-order chi connectivity index (χ1) is 16.4. The van der Waals surface area contributed by atoms with Crippen molar-refractivity contribution >= 4 is 5.97 Å². The molecule has 10 atom stereocenters. The molecule has 2 heterocycles. The first kappa shape index (κ1) is 29.7. The van der Waals surface area contributed by atoms with Gasteiger partial charge in [0.05, 0.1) is 36.4 Å². The number of aliphatic hydroxyl groups is 4. The van der Waals surface area contributed by atoms with Gasteiger partial charge in [-0.1, -0.05) is 58.1 Å². The highest BCUT2D eigenvalue weighted by Gasteiger charge is 2.44. The second kappa shape index (κ2) is 13.2. The maximum absolute atomic E-state index is 12.5. The van der Waals surface area contributed by atoms with Crippen LogP contribution in [-0.2, 0) is 14.3 Å². The number of hydrogen-bond donors (Lipinski definition) is 4. The highest BCUT2D eigenvalue weighted by molar-refractivity contribution is 5.70. The number of epoxide rings is 1. The van der Waals surface area contributed by atoms with Crippen molar-refractivity contribution in [3.63, 3.8) is 0 Å². The Hall–Kier alpha value is -1.51. The average molecular weight is 495 g/mol. The molecule has 7 nitrogen and oxygen atoms in total. The summed E-state index contributed by atoms with van der Waals surface area (Å²) in [6.07, 6.45) is 8.41. The second-order valence-electron chi connectivity index (χ2n) is 10.8. The van der Waals surface area contributed by atoms with Crippen molar-refractivity contribution in [3.8, 4) is 0 Å². The molecule has 0 aromatic rings. The summed E-state index contributed by atoms with van der Waals surface area (Å²) < 4.78 is 11.5. The number of ether oxygens (including phenoxy) is 2. The summed E-state index contributed by atoms with van der Waals surface area (Å²) in [4.78, 5) is 12.5. The van der Waals surface area contributed by atoms with Crippen LogP contribution >= 0.6 is 0 Å². The SMILES string of the molecule is CC[C@H](O)[C@@H](C)[C@H]1O[C@@H]1C[C@H](C)/C=C/C=C(\C)[C@H]1OC(=O)C[C@H](O)CC[C@@](C)(O)[C@@H](O)/C=C/[C@@H]1C. The molecule has 2 aliphatic heterocycles. The van der Waals surface area contributed by atoms with Gasteiger partial charge in [-0.15, -0.1) is 0 Å². The van der Waals surface area contributed by atoms with Gasteiger partial charge in [0.1, 0.15) is 12.2 Å².